The van der Waals surface area contributed by atoms with E-state index in [-0.39, 0.29) is 12.6 Å². The molecule has 0 fully saturated rings. The summed E-state index contributed by atoms with van der Waals surface area (Å²) in [5.74, 6) is 0. The van der Waals surface area contributed by atoms with E-state index >= 15 is 0 Å². The molecule has 0 spiro atoms. The number of anilines is 1. The normalized spacial score (nSPS) is 10.1. The van der Waals surface area contributed by atoms with Gasteiger partial charge in [-0.15, -0.1) is 0 Å². The van der Waals surface area contributed by atoms with E-state index in [1.54, 1.807) is 6.07 Å². The van der Waals surface area contributed by atoms with Crippen molar-refractivity contribution < 1.29 is 5.11 Å². The lowest BCUT2D eigenvalue weighted by atomic mass is 10.1. The minimum atomic E-state index is 0.0952. The van der Waals surface area contributed by atoms with E-state index in [1.807, 2.05) is 36.9 Å². The Kier molecular flexibility index (Phi) is 4.14. The fourth-order valence-electron chi connectivity index (χ4n) is 1.58. The van der Waals surface area contributed by atoms with E-state index < -0.39 is 0 Å². The molecule has 1 N–H and O–H groups in total. The molecule has 0 bridgehead atoms. The molecule has 0 heterocycles. The predicted octanol–water partition coefficient (Wildman–Crippen LogP) is 1.77. The zero-order valence-electron chi connectivity index (χ0n) is 9.14. The van der Waals surface area contributed by atoms with Crippen LogP contribution in [0.3, 0.4) is 0 Å². The van der Waals surface area contributed by atoms with Gasteiger partial charge in [-0.3, -0.25) is 0 Å². The lowest BCUT2D eigenvalue weighted by molar-refractivity contribution is 0.299. The zero-order valence-corrected chi connectivity index (χ0v) is 9.14. The molecular weight excluding hydrogens is 188 g/mol. The van der Waals surface area contributed by atoms with Crippen molar-refractivity contribution in [1.29, 1.82) is 5.26 Å². The van der Waals surface area contributed by atoms with Crippen molar-refractivity contribution in [2.75, 3.05) is 18.1 Å². The highest BCUT2D eigenvalue weighted by Crippen LogP contribution is 2.21. The number of hydrogen-bond donors (Lipinski definition) is 1. The van der Waals surface area contributed by atoms with Crippen molar-refractivity contribution in [1.82, 2.24) is 0 Å². The highest BCUT2D eigenvalue weighted by Gasteiger charge is 2.12. The van der Waals surface area contributed by atoms with E-state index in [2.05, 4.69) is 6.07 Å². The highest BCUT2D eigenvalue weighted by molar-refractivity contribution is 5.59. The largest absolute Gasteiger partial charge is 0.395 e. The summed E-state index contributed by atoms with van der Waals surface area (Å²) in [6.07, 6.45) is 0. The second-order valence-corrected chi connectivity index (χ2v) is 3.64. The predicted molar refractivity (Wildman–Crippen MR) is 60.7 cm³/mol. The number of nitriles is 1. The Morgan fingerprint density at radius 2 is 2.07 bits per heavy atom. The Balaban J connectivity index is 3.05. The summed E-state index contributed by atoms with van der Waals surface area (Å²) >= 11 is 0. The van der Waals surface area contributed by atoms with E-state index in [4.69, 9.17) is 10.4 Å². The number of aliphatic hydroxyl groups is 1. The van der Waals surface area contributed by atoms with Crippen molar-refractivity contribution in [2.45, 2.75) is 19.9 Å². The maximum atomic E-state index is 8.99. The zero-order chi connectivity index (χ0) is 11.3. The minimum Gasteiger partial charge on any atom is -0.395 e. The van der Waals surface area contributed by atoms with Gasteiger partial charge in [0.2, 0.25) is 0 Å². The SMILES string of the molecule is CC(C)N(CCO)c1ccccc1C#N. The maximum Gasteiger partial charge on any atom is 0.101 e. The third kappa shape index (κ3) is 2.71. The number of para-hydroxylation sites is 1. The Morgan fingerprint density at radius 1 is 1.40 bits per heavy atom. The van der Waals surface area contributed by atoms with Crippen LogP contribution >= 0.6 is 0 Å². The summed E-state index contributed by atoms with van der Waals surface area (Å²) in [5, 5.41) is 18.0. The van der Waals surface area contributed by atoms with Crippen LogP contribution in [0.25, 0.3) is 0 Å². The van der Waals surface area contributed by atoms with Crippen molar-refractivity contribution in [3.63, 3.8) is 0 Å². The molecule has 80 valence electrons. The Hall–Kier alpha value is -1.53. The van der Waals surface area contributed by atoms with Crippen molar-refractivity contribution in [3.05, 3.63) is 29.8 Å². The summed E-state index contributed by atoms with van der Waals surface area (Å²) in [4.78, 5) is 2.03. The molecule has 1 rings (SSSR count). The average molecular weight is 204 g/mol. The third-order valence-electron chi connectivity index (χ3n) is 2.30. The van der Waals surface area contributed by atoms with Gasteiger partial charge in [-0.1, -0.05) is 12.1 Å². The van der Waals surface area contributed by atoms with Gasteiger partial charge in [-0.2, -0.15) is 5.26 Å². The summed E-state index contributed by atoms with van der Waals surface area (Å²) in [7, 11) is 0. The first kappa shape index (κ1) is 11.5. The van der Waals surface area contributed by atoms with Gasteiger partial charge in [-0.25, -0.2) is 0 Å². The van der Waals surface area contributed by atoms with Gasteiger partial charge in [0.15, 0.2) is 0 Å². The van der Waals surface area contributed by atoms with Gasteiger partial charge < -0.3 is 10.0 Å². The molecule has 0 atom stereocenters. The molecule has 0 amide bonds. The van der Waals surface area contributed by atoms with Crippen LogP contribution in [0.5, 0.6) is 0 Å². The fraction of sp³-hybridized carbons (Fsp3) is 0.417. The van der Waals surface area contributed by atoms with Crippen LogP contribution in [0.4, 0.5) is 5.69 Å². The molecule has 0 saturated carbocycles. The average Bonchev–Trinajstić information content (AvgIpc) is 2.25. The minimum absolute atomic E-state index is 0.0952. The molecule has 3 heteroatoms. The van der Waals surface area contributed by atoms with Crippen molar-refractivity contribution >= 4 is 5.69 Å². The van der Waals surface area contributed by atoms with Gasteiger partial charge in [0.25, 0.3) is 0 Å². The lowest BCUT2D eigenvalue weighted by Crippen LogP contribution is -2.33. The molecule has 1 aromatic carbocycles. The summed E-state index contributed by atoms with van der Waals surface area (Å²) in [6, 6.07) is 9.89. The molecule has 0 aliphatic heterocycles. The van der Waals surface area contributed by atoms with Crippen LogP contribution in [0.15, 0.2) is 24.3 Å². The lowest BCUT2D eigenvalue weighted by Gasteiger charge is -2.28. The molecule has 1 aromatic rings. The second-order valence-electron chi connectivity index (χ2n) is 3.64. The smallest absolute Gasteiger partial charge is 0.101 e. The number of aliphatic hydroxyl groups excluding tert-OH is 1. The van der Waals surface area contributed by atoms with E-state index in [0.717, 1.165) is 5.69 Å². The van der Waals surface area contributed by atoms with E-state index in [0.29, 0.717) is 12.1 Å². The van der Waals surface area contributed by atoms with Gasteiger partial charge >= 0.3 is 0 Å². The molecule has 0 aliphatic rings. The number of rotatable bonds is 4. The topological polar surface area (TPSA) is 47.3 Å². The molecule has 0 radical (unpaired) electrons. The van der Waals surface area contributed by atoms with Gasteiger partial charge in [0.1, 0.15) is 6.07 Å². The van der Waals surface area contributed by atoms with E-state index in [9.17, 15) is 0 Å². The molecule has 3 nitrogen and oxygen atoms in total. The Morgan fingerprint density at radius 3 is 2.60 bits per heavy atom. The van der Waals surface area contributed by atoms with E-state index in [1.165, 1.54) is 0 Å². The first-order valence-corrected chi connectivity index (χ1v) is 5.07. The number of benzene rings is 1. The summed E-state index contributed by atoms with van der Waals surface area (Å²) in [5.41, 5.74) is 1.55. The highest BCUT2D eigenvalue weighted by atomic mass is 16.3. The van der Waals surface area contributed by atoms with Gasteiger partial charge in [-0.05, 0) is 26.0 Å². The summed E-state index contributed by atoms with van der Waals surface area (Å²) < 4.78 is 0. The third-order valence-corrected chi connectivity index (χ3v) is 2.30. The van der Waals surface area contributed by atoms with Crippen LogP contribution in [-0.2, 0) is 0 Å². The second kappa shape index (κ2) is 5.38. The van der Waals surface area contributed by atoms with Gasteiger partial charge in [0, 0.05) is 12.6 Å². The maximum absolute atomic E-state index is 8.99. The number of hydrogen-bond acceptors (Lipinski definition) is 3. The molecule has 0 unspecified atom stereocenters. The van der Waals surface area contributed by atoms with Crippen LogP contribution in [0.2, 0.25) is 0 Å². The molecule has 0 aliphatic carbocycles. The Bertz CT molecular complexity index is 355. The van der Waals surface area contributed by atoms with Crippen molar-refractivity contribution in [3.8, 4) is 6.07 Å². The standard InChI is InChI=1S/C12H16N2O/c1-10(2)14(7-8-15)12-6-4-3-5-11(12)9-13/h3-6,10,15H,7-8H2,1-2H3. The van der Waals surface area contributed by atoms with Crippen LogP contribution in [-0.4, -0.2) is 24.3 Å². The van der Waals surface area contributed by atoms with Crippen LogP contribution < -0.4 is 4.90 Å². The molecule has 0 saturated heterocycles. The first-order chi connectivity index (χ1) is 7.20. The fourth-order valence-corrected chi connectivity index (χ4v) is 1.58. The van der Waals surface area contributed by atoms with Crippen LogP contribution in [0.1, 0.15) is 19.4 Å². The first-order valence-electron chi connectivity index (χ1n) is 5.07. The van der Waals surface area contributed by atoms with Crippen molar-refractivity contribution in [2.24, 2.45) is 0 Å². The molecule has 0 aromatic heterocycles. The van der Waals surface area contributed by atoms with Crippen LogP contribution in [0, 0.1) is 11.3 Å². The molecular formula is C12H16N2O. The van der Waals surface area contributed by atoms with Gasteiger partial charge in [0.05, 0.1) is 17.9 Å². The molecule has 15 heavy (non-hydrogen) atoms. The number of nitrogens with zero attached hydrogens (tertiary/aromatic N) is 2. The Labute approximate surface area is 90.6 Å². The summed E-state index contributed by atoms with van der Waals surface area (Å²) in [6.45, 7) is 4.74. The quantitative estimate of drug-likeness (QED) is 0.813. The monoisotopic (exact) mass is 204 g/mol.